The Morgan fingerprint density at radius 3 is 2.59 bits per heavy atom. The lowest BCUT2D eigenvalue weighted by Gasteiger charge is -2.33. The maximum absolute atomic E-state index is 14.8. The highest BCUT2D eigenvalue weighted by Gasteiger charge is 2.26. The predicted molar refractivity (Wildman–Crippen MR) is 116 cm³/mol. The van der Waals surface area contributed by atoms with Crippen LogP contribution in [0.5, 0.6) is 0 Å². The highest BCUT2D eigenvalue weighted by atomic mass is 19.1. The fourth-order valence-corrected chi connectivity index (χ4v) is 3.93. The number of hydrogen-bond acceptors (Lipinski definition) is 6. The van der Waals surface area contributed by atoms with Crippen molar-refractivity contribution in [3.63, 3.8) is 0 Å². The van der Waals surface area contributed by atoms with E-state index in [-0.39, 0.29) is 11.7 Å². The molecule has 32 heavy (non-hydrogen) atoms. The van der Waals surface area contributed by atoms with Crippen LogP contribution < -0.4 is 4.90 Å². The van der Waals surface area contributed by atoms with Gasteiger partial charge in [0, 0.05) is 49.1 Å². The number of pyridine rings is 1. The van der Waals surface area contributed by atoms with Crippen molar-refractivity contribution in [2.75, 3.05) is 24.6 Å². The molecule has 1 atom stereocenters. The molecule has 0 radical (unpaired) electrons. The van der Waals surface area contributed by atoms with E-state index in [0.717, 1.165) is 23.0 Å². The Hall–Kier alpha value is -3.46. The van der Waals surface area contributed by atoms with Gasteiger partial charge in [-0.15, -0.1) is 0 Å². The molecule has 0 saturated carbocycles. The molecule has 1 aromatic carbocycles. The summed E-state index contributed by atoms with van der Waals surface area (Å²) in [5.74, 6) is -0.639. The third kappa shape index (κ3) is 3.69. The number of benzene rings is 1. The molecule has 164 valence electrons. The third-order valence-corrected chi connectivity index (χ3v) is 5.75. The molecule has 3 aromatic heterocycles. The van der Waals surface area contributed by atoms with Gasteiger partial charge in [0.15, 0.2) is 5.65 Å². The summed E-state index contributed by atoms with van der Waals surface area (Å²) in [5, 5.41) is 4.23. The number of aryl methyl sites for hydroxylation is 3. The molecule has 5 rings (SSSR count). The van der Waals surface area contributed by atoms with Crippen LogP contribution in [0.25, 0.3) is 22.3 Å². The quantitative estimate of drug-likeness (QED) is 0.485. The van der Waals surface area contributed by atoms with Crippen LogP contribution >= 0.6 is 0 Å². The fourth-order valence-electron chi connectivity index (χ4n) is 3.93. The van der Waals surface area contributed by atoms with Gasteiger partial charge in [-0.1, -0.05) is 0 Å². The van der Waals surface area contributed by atoms with Gasteiger partial charge in [-0.3, -0.25) is 4.68 Å². The first-order valence-electron chi connectivity index (χ1n) is 10.4. The number of ether oxygens (including phenoxy) is 1. The molecule has 0 bridgehead atoms. The molecule has 1 saturated heterocycles. The summed E-state index contributed by atoms with van der Waals surface area (Å²) in [5.41, 5.74) is 4.17. The molecule has 1 fully saturated rings. The van der Waals surface area contributed by atoms with Gasteiger partial charge in [0.05, 0.1) is 24.2 Å². The summed E-state index contributed by atoms with van der Waals surface area (Å²) in [7, 11) is 1.86. The van der Waals surface area contributed by atoms with Gasteiger partial charge >= 0.3 is 0 Å². The van der Waals surface area contributed by atoms with E-state index in [4.69, 9.17) is 9.72 Å². The van der Waals surface area contributed by atoms with E-state index < -0.39 is 11.6 Å². The maximum Gasteiger partial charge on any atom is 0.181 e. The summed E-state index contributed by atoms with van der Waals surface area (Å²) in [4.78, 5) is 16.1. The normalized spacial score (nSPS) is 16.7. The summed E-state index contributed by atoms with van der Waals surface area (Å²) in [6.45, 7) is 5.41. The molecule has 0 N–H and O–H groups in total. The minimum absolute atomic E-state index is 0.160. The van der Waals surface area contributed by atoms with Gasteiger partial charge in [-0.25, -0.2) is 23.7 Å². The van der Waals surface area contributed by atoms with Crippen molar-refractivity contribution in [2.24, 2.45) is 7.05 Å². The summed E-state index contributed by atoms with van der Waals surface area (Å²) >= 11 is 0. The van der Waals surface area contributed by atoms with E-state index in [1.54, 1.807) is 16.9 Å². The summed E-state index contributed by atoms with van der Waals surface area (Å²) in [6.07, 6.45) is 3.56. The Morgan fingerprint density at radius 2 is 1.84 bits per heavy atom. The van der Waals surface area contributed by atoms with Crippen molar-refractivity contribution in [2.45, 2.75) is 20.0 Å². The lowest BCUT2D eigenvalue weighted by atomic mass is 10.0. The van der Waals surface area contributed by atoms with Gasteiger partial charge in [-0.2, -0.15) is 5.10 Å². The summed E-state index contributed by atoms with van der Waals surface area (Å²) in [6, 6.07) is 5.35. The first-order valence-corrected chi connectivity index (χ1v) is 10.4. The predicted octanol–water partition coefficient (Wildman–Crippen LogP) is 3.90. The van der Waals surface area contributed by atoms with Gasteiger partial charge in [-0.05, 0) is 32.0 Å². The summed E-state index contributed by atoms with van der Waals surface area (Å²) < 4.78 is 36.0. The Balaban J connectivity index is 1.62. The highest BCUT2D eigenvalue weighted by Crippen LogP contribution is 2.34. The number of hydrogen-bond donors (Lipinski definition) is 0. The van der Waals surface area contributed by atoms with E-state index in [2.05, 4.69) is 20.0 Å². The van der Waals surface area contributed by atoms with Crippen molar-refractivity contribution >= 4 is 17.0 Å². The average Bonchev–Trinajstić information content (AvgIpc) is 3.21. The monoisotopic (exact) mass is 436 g/mol. The van der Waals surface area contributed by atoms with Crippen LogP contribution in [-0.4, -0.2) is 44.4 Å². The minimum Gasteiger partial charge on any atom is -0.370 e. The average molecular weight is 436 g/mol. The lowest BCUT2D eigenvalue weighted by Crippen LogP contribution is -2.38. The van der Waals surface area contributed by atoms with Gasteiger partial charge in [0.1, 0.15) is 29.1 Å². The van der Waals surface area contributed by atoms with Crippen LogP contribution in [0.1, 0.15) is 23.1 Å². The molecule has 1 aliphatic rings. The molecular weight excluding hydrogens is 414 g/mol. The first kappa shape index (κ1) is 20.4. The second-order valence-corrected chi connectivity index (χ2v) is 7.97. The maximum atomic E-state index is 14.8. The molecule has 0 aliphatic carbocycles. The molecule has 0 amide bonds. The van der Waals surface area contributed by atoms with E-state index in [9.17, 15) is 8.78 Å². The minimum atomic E-state index is -0.654. The smallest absolute Gasteiger partial charge is 0.181 e. The Labute approximate surface area is 183 Å². The van der Waals surface area contributed by atoms with Crippen LogP contribution in [-0.2, 0) is 11.8 Å². The van der Waals surface area contributed by atoms with Crippen LogP contribution in [0.4, 0.5) is 14.6 Å². The third-order valence-electron chi connectivity index (χ3n) is 5.75. The lowest BCUT2D eigenvalue weighted by molar-refractivity contribution is 0.0395. The van der Waals surface area contributed by atoms with Crippen molar-refractivity contribution in [1.29, 1.82) is 0 Å². The molecule has 0 spiro atoms. The fraction of sp³-hybridized carbons (Fsp3) is 0.304. The zero-order valence-corrected chi connectivity index (χ0v) is 18.0. The topological polar surface area (TPSA) is 69.0 Å². The number of halogens is 2. The SMILES string of the molecule is Cc1nc2nc(N3CCO[C@H](c4cnn(C)c4)C3)cc(-c3ccc(F)cc3F)c2nc1C. The number of anilines is 1. The Kier molecular flexibility index (Phi) is 5.05. The van der Waals surface area contributed by atoms with Crippen molar-refractivity contribution in [1.82, 2.24) is 24.7 Å². The molecule has 1 aliphatic heterocycles. The van der Waals surface area contributed by atoms with Crippen LogP contribution in [0.2, 0.25) is 0 Å². The Bertz CT molecular complexity index is 1320. The number of morpholine rings is 1. The molecule has 7 nitrogen and oxygen atoms in total. The van der Waals surface area contributed by atoms with Crippen molar-refractivity contribution in [3.05, 3.63) is 65.2 Å². The van der Waals surface area contributed by atoms with Crippen molar-refractivity contribution < 1.29 is 13.5 Å². The zero-order chi connectivity index (χ0) is 22.4. The van der Waals surface area contributed by atoms with Crippen LogP contribution in [0.15, 0.2) is 36.7 Å². The van der Waals surface area contributed by atoms with Crippen LogP contribution in [0, 0.1) is 25.5 Å². The molecular formula is C23H22F2N6O. The van der Waals surface area contributed by atoms with E-state index in [1.807, 2.05) is 27.1 Å². The van der Waals surface area contributed by atoms with E-state index >= 15 is 0 Å². The second-order valence-electron chi connectivity index (χ2n) is 7.97. The van der Waals surface area contributed by atoms with E-state index in [1.165, 1.54) is 12.1 Å². The van der Waals surface area contributed by atoms with Crippen LogP contribution in [0.3, 0.4) is 0 Å². The largest absolute Gasteiger partial charge is 0.370 e. The number of aromatic nitrogens is 5. The molecule has 9 heteroatoms. The van der Waals surface area contributed by atoms with Gasteiger partial charge in [0.2, 0.25) is 0 Å². The molecule has 4 aromatic rings. The molecule has 0 unspecified atom stereocenters. The van der Waals surface area contributed by atoms with Gasteiger partial charge < -0.3 is 9.64 Å². The molecule has 4 heterocycles. The van der Waals surface area contributed by atoms with E-state index in [0.29, 0.717) is 42.2 Å². The zero-order valence-electron chi connectivity index (χ0n) is 18.0. The second kappa shape index (κ2) is 7.90. The number of fused-ring (bicyclic) bond motifs is 1. The Morgan fingerprint density at radius 1 is 1.03 bits per heavy atom. The van der Waals surface area contributed by atoms with Gasteiger partial charge in [0.25, 0.3) is 0 Å². The first-order chi connectivity index (χ1) is 15.4. The van der Waals surface area contributed by atoms with Crippen molar-refractivity contribution in [3.8, 4) is 11.1 Å². The highest BCUT2D eigenvalue weighted by molar-refractivity contribution is 5.91. The standard InChI is InChI=1S/C23H22F2N6O/c1-13-14(2)28-23-22(27-13)18(17-5-4-16(24)8-19(17)25)9-21(29-23)31-6-7-32-20(12-31)15-10-26-30(3)11-15/h4-5,8-11,20H,6-7,12H2,1-3H3/t20-/m0/s1. The number of nitrogens with zero attached hydrogens (tertiary/aromatic N) is 6. The number of rotatable bonds is 3.